The van der Waals surface area contributed by atoms with Gasteiger partial charge in [0.05, 0.1) is 11.4 Å². The van der Waals surface area contributed by atoms with E-state index < -0.39 is 10.0 Å². The molecule has 1 aromatic carbocycles. The van der Waals surface area contributed by atoms with Gasteiger partial charge in [-0.25, -0.2) is 8.42 Å². The maximum absolute atomic E-state index is 12.7. The second-order valence-corrected chi connectivity index (χ2v) is 8.64. The topological polar surface area (TPSA) is 63.4 Å². The van der Waals surface area contributed by atoms with Gasteiger partial charge in [0.1, 0.15) is 0 Å². The number of benzene rings is 1. The molecule has 120 valence electrons. The van der Waals surface area contributed by atoms with Gasteiger partial charge >= 0.3 is 0 Å². The van der Waals surface area contributed by atoms with Gasteiger partial charge < -0.3 is 5.73 Å². The van der Waals surface area contributed by atoms with E-state index in [9.17, 15) is 8.42 Å². The fourth-order valence-electron chi connectivity index (χ4n) is 2.03. The molecule has 4 nitrogen and oxygen atoms in total. The van der Waals surface area contributed by atoms with Gasteiger partial charge in [0.2, 0.25) is 10.0 Å². The first kappa shape index (κ1) is 18.0. The molecule has 0 saturated carbocycles. The summed E-state index contributed by atoms with van der Waals surface area (Å²) >= 11 is 0. The van der Waals surface area contributed by atoms with Gasteiger partial charge in [0.15, 0.2) is 0 Å². The van der Waals surface area contributed by atoms with E-state index in [1.807, 2.05) is 31.2 Å². The lowest BCUT2D eigenvalue weighted by Crippen LogP contribution is -2.36. The number of anilines is 1. The van der Waals surface area contributed by atoms with E-state index in [2.05, 4.69) is 20.8 Å². The fraction of sp³-hybridized carbons (Fsp3) is 0.625. The van der Waals surface area contributed by atoms with Crippen molar-refractivity contribution < 1.29 is 8.42 Å². The third kappa shape index (κ3) is 5.67. The lowest BCUT2D eigenvalue weighted by molar-refractivity contribution is 0.397. The number of aryl methyl sites for hydroxylation is 1. The van der Waals surface area contributed by atoms with E-state index in [0.717, 1.165) is 11.3 Å². The molecule has 0 amide bonds. The number of nitrogens with zero attached hydrogens (tertiary/aromatic N) is 1. The Hall–Kier alpha value is -1.07. The zero-order chi connectivity index (χ0) is 16.1. The number of rotatable bonds is 7. The largest absolute Gasteiger partial charge is 0.330 e. The highest BCUT2D eigenvalue weighted by Crippen LogP contribution is 2.26. The molecule has 0 unspecified atom stereocenters. The summed E-state index contributed by atoms with van der Waals surface area (Å²) < 4.78 is 27.0. The summed E-state index contributed by atoms with van der Waals surface area (Å²) in [7, 11) is -3.33. The minimum Gasteiger partial charge on any atom is -0.330 e. The second kappa shape index (κ2) is 7.27. The van der Waals surface area contributed by atoms with Crippen LogP contribution in [0, 0.1) is 12.3 Å². The molecule has 0 saturated heterocycles. The molecule has 0 aliphatic carbocycles. The Labute approximate surface area is 129 Å². The van der Waals surface area contributed by atoms with E-state index in [1.54, 1.807) is 0 Å². The molecule has 5 heteroatoms. The quantitative estimate of drug-likeness (QED) is 0.842. The summed E-state index contributed by atoms with van der Waals surface area (Å²) in [6.07, 6.45) is 1.30. The molecular weight excluding hydrogens is 284 g/mol. The Balaban J connectivity index is 3.04. The number of hydrogen-bond donors (Lipinski definition) is 1. The third-order valence-corrected chi connectivity index (χ3v) is 5.17. The minimum atomic E-state index is -3.33. The predicted octanol–water partition coefficient (Wildman–Crippen LogP) is 2.92. The van der Waals surface area contributed by atoms with E-state index in [0.29, 0.717) is 25.9 Å². The first-order valence-corrected chi connectivity index (χ1v) is 9.04. The zero-order valence-corrected chi connectivity index (χ0v) is 14.4. The van der Waals surface area contributed by atoms with Crippen LogP contribution in [0.2, 0.25) is 0 Å². The van der Waals surface area contributed by atoms with Gasteiger partial charge in [0, 0.05) is 6.54 Å². The highest BCUT2D eigenvalue weighted by atomic mass is 32.2. The van der Waals surface area contributed by atoms with Gasteiger partial charge in [0.25, 0.3) is 0 Å². The summed E-state index contributed by atoms with van der Waals surface area (Å²) in [5.41, 5.74) is 7.29. The van der Waals surface area contributed by atoms with Gasteiger partial charge in [-0.15, -0.1) is 0 Å². The van der Waals surface area contributed by atoms with Crippen molar-refractivity contribution in [1.82, 2.24) is 0 Å². The molecule has 2 N–H and O–H groups in total. The zero-order valence-electron chi connectivity index (χ0n) is 13.6. The highest BCUT2D eigenvalue weighted by molar-refractivity contribution is 7.92. The number of nitrogens with two attached hydrogens (primary N) is 1. The Bertz CT molecular complexity index is 548. The van der Waals surface area contributed by atoms with Crippen molar-refractivity contribution in [3.8, 4) is 0 Å². The van der Waals surface area contributed by atoms with Crippen molar-refractivity contribution in [1.29, 1.82) is 0 Å². The summed E-state index contributed by atoms with van der Waals surface area (Å²) in [5.74, 6) is 0.162. The van der Waals surface area contributed by atoms with Crippen LogP contribution in [0.3, 0.4) is 0 Å². The van der Waals surface area contributed by atoms with Crippen LogP contribution in [0.1, 0.15) is 39.2 Å². The second-order valence-electron chi connectivity index (χ2n) is 6.63. The first-order chi connectivity index (χ1) is 9.67. The van der Waals surface area contributed by atoms with Gasteiger partial charge in [-0.05, 0) is 43.4 Å². The SMILES string of the molecule is Cc1ccccc1N(CCCN)S(=O)(=O)CCC(C)(C)C. The van der Waals surface area contributed by atoms with Crippen molar-refractivity contribution in [2.24, 2.45) is 11.1 Å². The van der Waals surface area contributed by atoms with Crippen LogP contribution < -0.4 is 10.0 Å². The van der Waals surface area contributed by atoms with E-state index in [1.165, 1.54) is 4.31 Å². The minimum absolute atomic E-state index is 0.00165. The smallest absolute Gasteiger partial charge is 0.235 e. The Morgan fingerprint density at radius 2 is 1.81 bits per heavy atom. The number of para-hydroxylation sites is 1. The van der Waals surface area contributed by atoms with Crippen LogP contribution in [0.25, 0.3) is 0 Å². The maximum Gasteiger partial charge on any atom is 0.235 e. The Morgan fingerprint density at radius 1 is 1.19 bits per heavy atom. The highest BCUT2D eigenvalue weighted by Gasteiger charge is 2.25. The first-order valence-electron chi connectivity index (χ1n) is 7.43. The molecule has 0 atom stereocenters. The standard InChI is InChI=1S/C16H28N2O2S/c1-14-8-5-6-9-15(14)18(12-7-11-17)21(19,20)13-10-16(2,3)4/h5-6,8-9H,7,10-13,17H2,1-4H3. The molecule has 1 rings (SSSR count). The lowest BCUT2D eigenvalue weighted by atomic mass is 9.94. The Morgan fingerprint density at radius 3 is 2.33 bits per heavy atom. The van der Waals surface area contributed by atoms with Gasteiger partial charge in [-0.1, -0.05) is 39.0 Å². The van der Waals surface area contributed by atoms with Crippen molar-refractivity contribution >= 4 is 15.7 Å². The van der Waals surface area contributed by atoms with Gasteiger partial charge in [-0.3, -0.25) is 4.31 Å². The summed E-state index contributed by atoms with van der Waals surface area (Å²) in [4.78, 5) is 0. The molecule has 0 aromatic heterocycles. The average Bonchev–Trinajstić information content (AvgIpc) is 2.38. The molecule has 1 aromatic rings. The van der Waals surface area contributed by atoms with E-state index in [-0.39, 0.29) is 11.2 Å². The molecule has 0 spiro atoms. The molecule has 21 heavy (non-hydrogen) atoms. The molecule has 0 fully saturated rings. The number of sulfonamides is 1. The molecular formula is C16H28N2O2S. The fourth-order valence-corrected chi connectivity index (χ4v) is 4.04. The molecule has 0 radical (unpaired) electrons. The normalized spacial score (nSPS) is 12.4. The van der Waals surface area contributed by atoms with Crippen LogP contribution in [0.4, 0.5) is 5.69 Å². The predicted molar refractivity (Wildman–Crippen MR) is 90.1 cm³/mol. The van der Waals surface area contributed by atoms with Crippen molar-refractivity contribution in [3.63, 3.8) is 0 Å². The van der Waals surface area contributed by atoms with Crippen LogP contribution in [0.15, 0.2) is 24.3 Å². The molecule has 0 aliphatic heterocycles. The molecule has 0 aliphatic rings. The van der Waals surface area contributed by atoms with Crippen LogP contribution in [-0.4, -0.2) is 27.3 Å². The van der Waals surface area contributed by atoms with Crippen LogP contribution in [-0.2, 0) is 10.0 Å². The van der Waals surface area contributed by atoms with Crippen LogP contribution >= 0.6 is 0 Å². The van der Waals surface area contributed by atoms with E-state index in [4.69, 9.17) is 5.73 Å². The Kier molecular flexibility index (Phi) is 6.23. The number of hydrogen-bond acceptors (Lipinski definition) is 3. The lowest BCUT2D eigenvalue weighted by Gasteiger charge is -2.27. The third-order valence-electron chi connectivity index (χ3n) is 3.40. The molecule has 0 bridgehead atoms. The van der Waals surface area contributed by atoms with Crippen molar-refractivity contribution in [3.05, 3.63) is 29.8 Å². The molecule has 0 heterocycles. The summed E-state index contributed by atoms with van der Waals surface area (Å²) in [6, 6.07) is 7.59. The summed E-state index contributed by atoms with van der Waals surface area (Å²) in [5, 5.41) is 0. The summed E-state index contributed by atoms with van der Waals surface area (Å²) in [6.45, 7) is 9.02. The van der Waals surface area contributed by atoms with Crippen molar-refractivity contribution in [2.45, 2.75) is 40.5 Å². The average molecular weight is 312 g/mol. The maximum atomic E-state index is 12.7. The van der Waals surface area contributed by atoms with Gasteiger partial charge in [-0.2, -0.15) is 0 Å². The monoisotopic (exact) mass is 312 g/mol. The van der Waals surface area contributed by atoms with Crippen LogP contribution in [0.5, 0.6) is 0 Å². The van der Waals surface area contributed by atoms with Crippen molar-refractivity contribution in [2.75, 3.05) is 23.1 Å². The van der Waals surface area contributed by atoms with E-state index >= 15 is 0 Å².